The number of benzene rings is 1. The van der Waals surface area contributed by atoms with Gasteiger partial charge in [-0.05, 0) is 12.0 Å². The molecule has 3 nitrogen and oxygen atoms in total. The van der Waals surface area contributed by atoms with Gasteiger partial charge in [0.05, 0.1) is 0 Å². The van der Waals surface area contributed by atoms with Gasteiger partial charge in [0.15, 0.2) is 6.10 Å². The van der Waals surface area contributed by atoms with E-state index in [1.807, 2.05) is 37.3 Å². The first-order valence-corrected chi connectivity index (χ1v) is 4.62. The summed E-state index contributed by atoms with van der Waals surface area (Å²) in [4.78, 5) is 10.6. The molecule has 2 N–H and O–H groups in total. The van der Waals surface area contributed by atoms with E-state index >= 15 is 0 Å². The smallest absolute Gasteiger partial charge is 0.333 e. The number of hydrogen-bond acceptors (Lipinski definition) is 2. The summed E-state index contributed by atoms with van der Waals surface area (Å²) >= 11 is 0. The Morgan fingerprint density at radius 1 is 1.36 bits per heavy atom. The Bertz CT molecular complexity index is 295. The van der Waals surface area contributed by atoms with Crippen LogP contribution in [0.1, 0.15) is 24.8 Å². The van der Waals surface area contributed by atoms with Crippen molar-refractivity contribution in [3.8, 4) is 0 Å². The van der Waals surface area contributed by atoms with Crippen molar-refractivity contribution in [2.75, 3.05) is 0 Å². The number of carbonyl (C=O) groups is 1. The van der Waals surface area contributed by atoms with E-state index in [2.05, 4.69) is 0 Å². The highest BCUT2D eigenvalue weighted by Gasteiger charge is 2.25. The van der Waals surface area contributed by atoms with Gasteiger partial charge in [-0.25, -0.2) is 4.79 Å². The molecule has 0 radical (unpaired) electrons. The van der Waals surface area contributed by atoms with Gasteiger partial charge in [0, 0.05) is 5.92 Å². The van der Waals surface area contributed by atoms with E-state index in [1.54, 1.807) is 0 Å². The summed E-state index contributed by atoms with van der Waals surface area (Å²) in [7, 11) is 0. The number of aliphatic hydroxyl groups excluding tert-OH is 1. The first-order chi connectivity index (χ1) is 6.66. The first-order valence-electron chi connectivity index (χ1n) is 4.62. The Hall–Kier alpha value is -1.35. The molecule has 0 aromatic heterocycles. The second kappa shape index (κ2) is 4.77. The molecule has 2 unspecified atom stereocenters. The van der Waals surface area contributed by atoms with E-state index in [-0.39, 0.29) is 5.92 Å². The molecule has 0 aliphatic rings. The molecule has 76 valence electrons. The van der Waals surface area contributed by atoms with E-state index in [4.69, 9.17) is 5.11 Å². The molecule has 1 aromatic carbocycles. The topological polar surface area (TPSA) is 57.5 Å². The van der Waals surface area contributed by atoms with Gasteiger partial charge in [-0.1, -0.05) is 37.3 Å². The third kappa shape index (κ3) is 2.33. The molecule has 1 aromatic rings. The number of carboxylic acids is 1. The summed E-state index contributed by atoms with van der Waals surface area (Å²) in [5.41, 5.74) is 0.866. The van der Waals surface area contributed by atoms with Crippen LogP contribution in [0.4, 0.5) is 0 Å². The second-order valence-electron chi connectivity index (χ2n) is 3.21. The van der Waals surface area contributed by atoms with Crippen molar-refractivity contribution in [2.24, 2.45) is 0 Å². The minimum Gasteiger partial charge on any atom is -0.479 e. The van der Waals surface area contributed by atoms with Crippen LogP contribution in [0.15, 0.2) is 30.3 Å². The maximum Gasteiger partial charge on any atom is 0.333 e. The van der Waals surface area contributed by atoms with Gasteiger partial charge in [0.1, 0.15) is 0 Å². The van der Waals surface area contributed by atoms with Crippen LogP contribution in [0.2, 0.25) is 0 Å². The van der Waals surface area contributed by atoms with Crippen molar-refractivity contribution in [1.29, 1.82) is 0 Å². The zero-order valence-electron chi connectivity index (χ0n) is 8.05. The van der Waals surface area contributed by atoms with Crippen molar-refractivity contribution in [1.82, 2.24) is 0 Å². The molecule has 0 amide bonds. The molecule has 0 bridgehead atoms. The Balaban J connectivity index is 2.87. The highest BCUT2D eigenvalue weighted by Crippen LogP contribution is 2.23. The molecule has 0 aliphatic heterocycles. The third-order valence-corrected chi connectivity index (χ3v) is 2.30. The van der Waals surface area contributed by atoms with Crippen molar-refractivity contribution in [2.45, 2.75) is 25.4 Å². The van der Waals surface area contributed by atoms with Crippen LogP contribution in [0.3, 0.4) is 0 Å². The molecule has 2 atom stereocenters. The van der Waals surface area contributed by atoms with E-state index in [1.165, 1.54) is 0 Å². The summed E-state index contributed by atoms with van der Waals surface area (Å²) in [6.07, 6.45) is -0.709. The standard InChI is InChI=1S/C11H14O3/c1-2-9(10(12)11(13)14)8-6-4-3-5-7-8/h3-7,9-10,12H,2H2,1H3,(H,13,14). The van der Waals surface area contributed by atoms with Crippen molar-refractivity contribution < 1.29 is 15.0 Å². The highest BCUT2D eigenvalue weighted by molar-refractivity contribution is 5.73. The fraction of sp³-hybridized carbons (Fsp3) is 0.364. The molecule has 14 heavy (non-hydrogen) atoms. The third-order valence-electron chi connectivity index (χ3n) is 2.30. The molecule has 3 heteroatoms. The van der Waals surface area contributed by atoms with E-state index in [0.29, 0.717) is 6.42 Å². The van der Waals surface area contributed by atoms with Gasteiger partial charge in [-0.15, -0.1) is 0 Å². The zero-order valence-corrected chi connectivity index (χ0v) is 8.05. The normalized spacial score (nSPS) is 14.7. The highest BCUT2D eigenvalue weighted by atomic mass is 16.4. The minimum absolute atomic E-state index is 0.325. The molecule has 0 spiro atoms. The average Bonchev–Trinajstić information content (AvgIpc) is 2.20. The molecule has 0 saturated heterocycles. The van der Waals surface area contributed by atoms with E-state index in [0.717, 1.165) is 5.56 Å². The average molecular weight is 194 g/mol. The molecule has 0 saturated carbocycles. The summed E-state index contributed by atoms with van der Waals surface area (Å²) < 4.78 is 0. The summed E-state index contributed by atoms with van der Waals surface area (Å²) in [6.45, 7) is 1.86. The number of aliphatic hydroxyl groups is 1. The molecular formula is C11H14O3. The van der Waals surface area contributed by atoms with Gasteiger partial charge in [-0.2, -0.15) is 0 Å². The summed E-state index contributed by atoms with van der Waals surface area (Å²) in [5, 5.41) is 18.1. The summed E-state index contributed by atoms with van der Waals surface area (Å²) in [6, 6.07) is 9.21. The minimum atomic E-state index is -1.32. The van der Waals surface area contributed by atoms with Crippen LogP contribution in [0, 0.1) is 0 Å². The van der Waals surface area contributed by atoms with Gasteiger partial charge in [0.25, 0.3) is 0 Å². The Morgan fingerprint density at radius 2 is 1.93 bits per heavy atom. The first kappa shape index (κ1) is 10.7. The molecule has 0 heterocycles. The second-order valence-corrected chi connectivity index (χ2v) is 3.21. The SMILES string of the molecule is CCC(c1ccccc1)C(O)C(=O)O. The van der Waals surface area contributed by atoms with Gasteiger partial charge in [-0.3, -0.25) is 0 Å². The number of rotatable bonds is 4. The fourth-order valence-corrected chi connectivity index (χ4v) is 1.51. The maximum atomic E-state index is 10.6. The molecule has 0 fully saturated rings. The van der Waals surface area contributed by atoms with Crippen molar-refractivity contribution in [3.05, 3.63) is 35.9 Å². The predicted octanol–water partition coefficient (Wildman–Crippen LogP) is 1.63. The van der Waals surface area contributed by atoms with Gasteiger partial charge >= 0.3 is 5.97 Å². The van der Waals surface area contributed by atoms with Crippen LogP contribution in [-0.4, -0.2) is 22.3 Å². The lowest BCUT2D eigenvalue weighted by Gasteiger charge is -2.18. The van der Waals surface area contributed by atoms with E-state index in [9.17, 15) is 9.90 Å². The molecule has 1 rings (SSSR count). The van der Waals surface area contributed by atoms with E-state index < -0.39 is 12.1 Å². The van der Waals surface area contributed by atoms with Crippen LogP contribution in [0.25, 0.3) is 0 Å². The number of carboxylic acid groups (broad SMARTS) is 1. The Morgan fingerprint density at radius 3 is 2.36 bits per heavy atom. The maximum absolute atomic E-state index is 10.6. The lowest BCUT2D eigenvalue weighted by molar-refractivity contribution is -0.147. The monoisotopic (exact) mass is 194 g/mol. The number of aliphatic carboxylic acids is 1. The number of hydrogen-bond donors (Lipinski definition) is 2. The largest absolute Gasteiger partial charge is 0.479 e. The van der Waals surface area contributed by atoms with Crippen LogP contribution in [0.5, 0.6) is 0 Å². The predicted molar refractivity (Wildman–Crippen MR) is 53.1 cm³/mol. The Labute approximate surface area is 83.0 Å². The van der Waals surface area contributed by atoms with Crippen LogP contribution >= 0.6 is 0 Å². The lowest BCUT2D eigenvalue weighted by Crippen LogP contribution is -2.27. The van der Waals surface area contributed by atoms with Gasteiger partial charge < -0.3 is 10.2 Å². The van der Waals surface area contributed by atoms with Gasteiger partial charge in [0.2, 0.25) is 0 Å². The zero-order chi connectivity index (χ0) is 10.6. The fourth-order valence-electron chi connectivity index (χ4n) is 1.51. The lowest BCUT2D eigenvalue weighted by atomic mass is 9.91. The molecule has 0 aliphatic carbocycles. The quantitative estimate of drug-likeness (QED) is 0.765. The van der Waals surface area contributed by atoms with Crippen LogP contribution < -0.4 is 0 Å². The summed E-state index contributed by atoms with van der Waals surface area (Å²) in [5.74, 6) is -1.49. The Kier molecular flexibility index (Phi) is 3.65. The van der Waals surface area contributed by atoms with Crippen molar-refractivity contribution >= 4 is 5.97 Å². The molecular weight excluding hydrogens is 180 g/mol. The van der Waals surface area contributed by atoms with Crippen molar-refractivity contribution in [3.63, 3.8) is 0 Å². The van der Waals surface area contributed by atoms with Crippen LogP contribution in [-0.2, 0) is 4.79 Å².